The van der Waals surface area contributed by atoms with Crippen LogP contribution >= 0.6 is 0 Å². The molecule has 1 heterocycles. The van der Waals surface area contributed by atoms with Crippen LogP contribution in [0, 0.1) is 5.92 Å². The van der Waals surface area contributed by atoms with E-state index >= 15 is 0 Å². The highest BCUT2D eigenvalue weighted by Crippen LogP contribution is 2.30. The fraction of sp³-hybridized carbons (Fsp3) is 0.100. The molecule has 1 atom stereocenters. The summed E-state index contributed by atoms with van der Waals surface area (Å²) < 4.78 is 1.79. The van der Waals surface area contributed by atoms with E-state index in [0.29, 0.717) is 5.92 Å². The van der Waals surface area contributed by atoms with Crippen LogP contribution in [0.3, 0.4) is 0 Å². The van der Waals surface area contributed by atoms with Gasteiger partial charge >= 0.3 is 0 Å². The van der Waals surface area contributed by atoms with Crippen LogP contribution in [0.5, 0.6) is 0 Å². The molecule has 0 amide bonds. The third-order valence-electron chi connectivity index (χ3n) is 4.31. The van der Waals surface area contributed by atoms with Crippen molar-refractivity contribution in [3.05, 3.63) is 83.6 Å². The van der Waals surface area contributed by atoms with E-state index in [2.05, 4.69) is 72.8 Å². The van der Waals surface area contributed by atoms with E-state index in [9.17, 15) is 0 Å². The van der Waals surface area contributed by atoms with Crippen molar-refractivity contribution in [2.24, 2.45) is 5.92 Å². The minimum absolute atomic E-state index is 0.397. The van der Waals surface area contributed by atoms with Gasteiger partial charge in [0.25, 0.3) is 0 Å². The lowest BCUT2D eigenvalue weighted by atomic mass is 9.99. The molecule has 2 N–H and O–H groups in total. The van der Waals surface area contributed by atoms with Gasteiger partial charge in [-0.25, -0.2) is 0 Å². The van der Waals surface area contributed by atoms with Crippen molar-refractivity contribution in [1.82, 2.24) is 4.68 Å². The van der Waals surface area contributed by atoms with Crippen LogP contribution in [0.2, 0.25) is 0 Å². The standard InChI is InChI=1S/C20H18N2/c21-22-19-9-5-4-8-17(19)18-12-10-16(11-13-20(18)22)14-15-6-2-1-3-7-15/h1-13,16H,14,21H2. The minimum Gasteiger partial charge on any atom is -0.339 e. The van der Waals surface area contributed by atoms with Crippen molar-refractivity contribution >= 4 is 23.1 Å². The van der Waals surface area contributed by atoms with E-state index in [1.807, 2.05) is 6.07 Å². The molecule has 2 aromatic carbocycles. The number of hydrogen-bond donors (Lipinski definition) is 1. The molecule has 1 aliphatic rings. The largest absolute Gasteiger partial charge is 0.339 e. The Labute approximate surface area is 130 Å². The minimum atomic E-state index is 0.397. The number of para-hydroxylation sites is 1. The van der Waals surface area contributed by atoms with Gasteiger partial charge in [0.1, 0.15) is 0 Å². The van der Waals surface area contributed by atoms with Gasteiger partial charge in [0.15, 0.2) is 0 Å². The maximum atomic E-state index is 6.26. The highest BCUT2D eigenvalue weighted by atomic mass is 15.3. The van der Waals surface area contributed by atoms with Crippen LogP contribution in [-0.2, 0) is 6.42 Å². The molecular weight excluding hydrogens is 268 g/mol. The summed E-state index contributed by atoms with van der Waals surface area (Å²) in [6.45, 7) is 0. The second-order valence-corrected chi connectivity index (χ2v) is 5.76. The SMILES string of the molecule is Nn1c2c(c3ccccc31)C=CC(Cc1ccccc1)C=C2. The smallest absolute Gasteiger partial charge is 0.0703 e. The molecule has 1 aliphatic carbocycles. The Balaban J connectivity index is 1.72. The molecule has 0 aliphatic heterocycles. The number of fused-ring (bicyclic) bond motifs is 3. The summed E-state index contributed by atoms with van der Waals surface area (Å²) in [7, 11) is 0. The summed E-state index contributed by atoms with van der Waals surface area (Å²) in [6.07, 6.45) is 9.91. The Morgan fingerprint density at radius 2 is 1.59 bits per heavy atom. The van der Waals surface area contributed by atoms with Gasteiger partial charge in [-0.3, -0.25) is 4.68 Å². The van der Waals surface area contributed by atoms with E-state index in [1.54, 1.807) is 4.68 Å². The lowest BCUT2D eigenvalue weighted by molar-refractivity contribution is 0.813. The highest BCUT2D eigenvalue weighted by Gasteiger charge is 2.14. The molecule has 1 aromatic heterocycles. The summed E-state index contributed by atoms with van der Waals surface area (Å²) in [6, 6.07) is 18.9. The molecule has 0 saturated carbocycles. The first-order valence-corrected chi connectivity index (χ1v) is 7.62. The number of aromatic nitrogens is 1. The maximum absolute atomic E-state index is 6.26. The number of nitrogens with two attached hydrogens (primary N) is 1. The average Bonchev–Trinajstić information content (AvgIpc) is 2.71. The lowest BCUT2D eigenvalue weighted by Gasteiger charge is -2.07. The molecule has 0 bridgehead atoms. The molecule has 0 spiro atoms. The van der Waals surface area contributed by atoms with E-state index in [0.717, 1.165) is 17.6 Å². The van der Waals surface area contributed by atoms with E-state index in [-0.39, 0.29) is 0 Å². The Hall–Kier alpha value is -2.74. The van der Waals surface area contributed by atoms with Crippen LogP contribution in [0.15, 0.2) is 66.7 Å². The molecule has 0 saturated heterocycles. The van der Waals surface area contributed by atoms with Crippen molar-refractivity contribution in [2.45, 2.75) is 6.42 Å². The number of rotatable bonds is 2. The molecule has 108 valence electrons. The molecule has 3 aromatic rings. The van der Waals surface area contributed by atoms with Gasteiger partial charge in [-0.1, -0.05) is 66.8 Å². The molecule has 2 heteroatoms. The number of allylic oxidation sites excluding steroid dienone is 2. The second kappa shape index (κ2) is 5.23. The molecule has 0 fully saturated rings. The second-order valence-electron chi connectivity index (χ2n) is 5.76. The zero-order valence-corrected chi connectivity index (χ0v) is 12.3. The van der Waals surface area contributed by atoms with Crippen LogP contribution < -0.4 is 5.84 Å². The van der Waals surface area contributed by atoms with Crippen molar-refractivity contribution in [3.63, 3.8) is 0 Å². The van der Waals surface area contributed by atoms with Crippen LogP contribution in [0.4, 0.5) is 0 Å². The van der Waals surface area contributed by atoms with Crippen LogP contribution in [-0.4, -0.2) is 4.68 Å². The number of benzene rings is 2. The van der Waals surface area contributed by atoms with E-state index in [4.69, 9.17) is 5.84 Å². The maximum Gasteiger partial charge on any atom is 0.0703 e. The van der Waals surface area contributed by atoms with Gasteiger partial charge in [-0.15, -0.1) is 0 Å². The lowest BCUT2D eigenvalue weighted by Crippen LogP contribution is -2.09. The quantitative estimate of drug-likeness (QED) is 0.701. The molecule has 2 nitrogen and oxygen atoms in total. The predicted molar refractivity (Wildman–Crippen MR) is 93.8 cm³/mol. The summed E-state index contributed by atoms with van der Waals surface area (Å²) in [5, 5.41) is 1.21. The van der Waals surface area contributed by atoms with Gasteiger partial charge < -0.3 is 5.84 Å². The van der Waals surface area contributed by atoms with E-state index < -0.39 is 0 Å². The molecular formula is C20H18N2. The normalized spacial score (nSPS) is 16.6. The zero-order valence-electron chi connectivity index (χ0n) is 12.3. The van der Waals surface area contributed by atoms with Gasteiger partial charge in [0, 0.05) is 10.9 Å². The average molecular weight is 286 g/mol. The van der Waals surface area contributed by atoms with Crippen LogP contribution in [0.25, 0.3) is 23.1 Å². The number of hydrogen-bond acceptors (Lipinski definition) is 1. The number of nitrogen functional groups attached to an aromatic ring is 1. The van der Waals surface area contributed by atoms with Crippen LogP contribution in [0.1, 0.15) is 16.8 Å². The van der Waals surface area contributed by atoms with Crippen molar-refractivity contribution in [1.29, 1.82) is 0 Å². The Morgan fingerprint density at radius 3 is 2.45 bits per heavy atom. The topological polar surface area (TPSA) is 30.9 Å². The first kappa shape index (κ1) is 13.0. The zero-order chi connectivity index (χ0) is 14.9. The Kier molecular flexibility index (Phi) is 3.08. The monoisotopic (exact) mass is 286 g/mol. The van der Waals surface area contributed by atoms with E-state index in [1.165, 1.54) is 16.5 Å². The highest BCUT2D eigenvalue weighted by molar-refractivity contribution is 5.94. The Morgan fingerprint density at radius 1 is 0.864 bits per heavy atom. The summed E-state index contributed by atoms with van der Waals surface area (Å²) >= 11 is 0. The van der Waals surface area contributed by atoms with Crippen molar-refractivity contribution in [2.75, 3.05) is 5.84 Å². The fourth-order valence-electron chi connectivity index (χ4n) is 3.18. The van der Waals surface area contributed by atoms with Crippen molar-refractivity contribution in [3.8, 4) is 0 Å². The van der Waals surface area contributed by atoms with Gasteiger partial charge in [-0.2, -0.15) is 0 Å². The molecule has 4 rings (SSSR count). The summed E-state index contributed by atoms with van der Waals surface area (Å²) in [5.74, 6) is 6.66. The third-order valence-corrected chi connectivity index (χ3v) is 4.31. The summed E-state index contributed by atoms with van der Waals surface area (Å²) in [4.78, 5) is 0. The Bertz CT molecular complexity index is 869. The van der Waals surface area contributed by atoms with Gasteiger partial charge in [0.2, 0.25) is 0 Å². The first-order valence-electron chi connectivity index (χ1n) is 7.62. The first-order chi connectivity index (χ1) is 10.8. The fourth-order valence-corrected chi connectivity index (χ4v) is 3.18. The molecule has 22 heavy (non-hydrogen) atoms. The van der Waals surface area contributed by atoms with Gasteiger partial charge in [-0.05, 0) is 30.0 Å². The summed E-state index contributed by atoms with van der Waals surface area (Å²) in [5.41, 5.74) is 4.72. The third kappa shape index (κ3) is 2.13. The molecule has 1 unspecified atom stereocenters. The predicted octanol–water partition coefficient (Wildman–Crippen LogP) is 4.25. The number of nitrogens with zero attached hydrogens (tertiary/aromatic N) is 1. The molecule has 0 radical (unpaired) electrons. The van der Waals surface area contributed by atoms with Crippen molar-refractivity contribution < 1.29 is 0 Å². The van der Waals surface area contributed by atoms with Gasteiger partial charge in [0.05, 0.1) is 11.2 Å².